The van der Waals surface area contributed by atoms with Crippen LogP contribution in [0.5, 0.6) is 17.2 Å². The van der Waals surface area contributed by atoms with Gasteiger partial charge in [0.2, 0.25) is 6.79 Å². The summed E-state index contributed by atoms with van der Waals surface area (Å²) in [5.74, 6) is 2.04. The average molecular weight is 333 g/mol. The van der Waals surface area contributed by atoms with Crippen molar-refractivity contribution in [3.63, 3.8) is 0 Å². The number of aryl methyl sites for hydroxylation is 1. The van der Waals surface area contributed by atoms with Crippen LogP contribution >= 0.6 is 0 Å². The van der Waals surface area contributed by atoms with Gasteiger partial charge >= 0.3 is 0 Å². The zero-order valence-corrected chi connectivity index (χ0v) is 13.9. The summed E-state index contributed by atoms with van der Waals surface area (Å²) in [4.78, 5) is 0. The van der Waals surface area contributed by atoms with Gasteiger partial charge in [-0.2, -0.15) is 5.10 Å². The zero-order chi connectivity index (χ0) is 16.9. The van der Waals surface area contributed by atoms with Gasteiger partial charge in [-0.05, 0) is 31.5 Å². The highest BCUT2D eigenvalue weighted by molar-refractivity contribution is 5.46. The van der Waals surface area contributed by atoms with E-state index < -0.39 is 6.10 Å². The summed E-state index contributed by atoms with van der Waals surface area (Å²) in [5, 5.41) is 17.6. The minimum atomic E-state index is -0.600. The van der Waals surface area contributed by atoms with Gasteiger partial charge in [-0.3, -0.25) is 4.68 Å². The molecule has 3 rings (SSSR count). The fourth-order valence-corrected chi connectivity index (χ4v) is 2.47. The molecule has 7 nitrogen and oxygen atoms in total. The second-order valence-corrected chi connectivity index (χ2v) is 6.03. The molecule has 0 radical (unpaired) electrons. The molecule has 0 saturated heterocycles. The minimum Gasteiger partial charge on any atom is -0.491 e. The van der Waals surface area contributed by atoms with Crippen LogP contribution in [0.25, 0.3) is 0 Å². The lowest BCUT2D eigenvalue weighted by Gasteiger charge is -2.17. The van der Waals surface area contributed by atoms with Gasteiger partial charge < -0.3 is 24.6 Å². The van der Waals surface area contributed by atoms with Gasteiger partial charge in [0.25, 0.3) is 0 Å². The highest BCUT2D eigenvalue weighted by atomic mass is 16.7. The Kier molecular flexibility index (Phi) is 5.22. The number of aliphatic hydroxyl groups excluding tert-OH is 1. The lowest BCUT2D eigenvalue weighted by atomic mass is 10.3. The summed E-state index contributed by atoms with van der Waals surface area (Å²) in [7, 11) is 0. The Morgan fingerprint density at radius 2 is 2.21 bits per heavy atom. The zero-order valence-electron chi connectivity index (χ0n) is 13.9. The first-order chi connectivity index (χ1) is 11.6. The predicted molar refractivity (Wildman–Crippen MR) is 88.5 cm³/mol. The van der Waals surface area contributed by atoms with Crippen molar-refractivity contribution in [2.45, 2.75) is 32.5 Å². The standard InChI is InChI=1S/C17H23N3O4/c1-12-6-19-20(8-12)9-13(2)18-7-14(21)10-22-15-3-4-16-17(5-15)24-11-23-16/h3-6,8,13-14,18,21H,7,9-11H2,1-2H3/t13-,14+/m0/s1. The number of aliphatic hydroxyl groups is 1. The van der Waals surface area contributed by atoms with E-state index in [-0.39, 0.29) is 19.4 Å². The fourth-order valence-electron chi connectivity index (χ4n) is 2.47. The second kappa shape index (κ2) is 7.55. The summed E-state index contributed by atoms with van der Waals surface area (Å²) in [5.41, 5.74) is 1.14. The molecule has 1 aromatic carbocycles. The Morgan fingerprint density at radius 1 is 1.38 bits per heavy atom. The number of nitrogens with zero attached hydrogens (tertiary/aromatic N) is 2. The lowest BCUT2D eigenvalue weighted by molar-refractivity contribution is 0.103. The fraction of sp³-hybridized carbons (Fsp3) is 0.471. The van der Waals surface area contributed by atoms with Gasteiger partial charge in [-0.25, -0.2) is 0 Å². The van der Waals surface area contributed by atoms with Crippen LogP contribution in [0.3, 0.4) is 0 Å². The van der Waals surface area contributed by atoms with Crippen LogP contribution in [0.15, 0.2) is 30.6 Å². The Bertz CT molecular complexity index is 674. The molecule has 7 heteroatoms. The normalized spacial score (nSPS) is 15.3. The molecule has 2 N–H and O–H groups in total. The van der Waals surface area contributed by atoms with E-state index in [1.54, 1.807) is 18.2 Å². The van der Waals surface area contributed by atoms with Crippen molar-refractivity contribution < 1.29 is 19.3 Å². The molecule has 2 atom stereocenters. The maximum absolute atomic E-state index is 10.1. The maximum Gasteiger partial charge on any atom is 0.231 e. The maximum atomic E-state index is 10.1. The van der Waals surface area contributed by atoms with Crippen molar-refractivity contribution in [3.8, 4) is 17.2 Å². The molecule has 1 aliphatic rings. The van der Waals surface area contributed by atoms with Crippen LogP contribution in [0.2, 0.25) is 0 Å². The van der Waals surface area contributed by atoms with Gasteiger partial charge in [-0.1, -0.05) is 0 Å². The van der Waals surface area contributed by atoms with Crippen molar-refractivity contribution in [3.05, 3.63) is 36.2 Å². The monoisotopic (exact) mass is 333 g/mol. The summed E-state index contributed by atoms with van der Waals surface area (Å²) in [6.45, 7) is 5.72. The molecule has 130 valence electrons. The van der Waals surface area contributed by atoms with E-state index in [9.17, 15) is 5.11 Å². The number of aromatic nitrogens is 2. The lowest BCUT2D eigenvalue weighted by Crippen LogP contribution is -2.38. The van der Waals surface area contributed by atoms with E-state index in [1.165, 1.54) is 0 Å². The first-order valence-electron chi connectivity index (χ1n) is 8.03. The molecule has 0 spiro atoms. The van der Waals surface area contributed by atoms with Crippen molar-refractivity contribution in [2.75, 3.05) is 19.9 Å². The predicted octanol–water partition coefficient (Wildman–Crippen LogP) is 1.34. The van der Waals surface area contributed by atoms with E-state index in [1.807, 2.05) is 24.0 Å². The van der Waals surface area contributed by atoms with Gasteiger partial charge in [-0.15, -0.1) is 0 Å². The van der Waals surface area contributed by atoms with Crippen LogP contribution in [0, 0.1) is 6.92 Å². The van der Waals surface area contributed by atoms with Crippen molar-refractivity contribution in [1.29, 1.82) is 0 Å². The Balaban J connectivity index is 1.38. The molecule has 1 aromatic heterocycles. The molecule has 24 heavy (non-hydrogen) atoms. The third-order valence-electron chi connectivity index (χ3n) is 3.71. The number of benzene rings is 1. The summed E-state index contributed by atoms with van der Waals surface area (Å²) in [6.07, 6.45) is 3.23. The van der Waals surface area contributed by atoms with Crippen molar-refractivity contribution >= 4 is 0 Å². The van der Waals surface area contributed by atoms with Gasteiger partial charge in [0.15, 0.2) is 11.5 Å². The van der Waals surface area contributed by atoms with Gasteiger partial charge in [0.05, 0.1) is 12.7 Å². The molecule has 1 aliphatic heterocycles. The third kappa shape index (κ3) is 4.39. The number of nitrogens with one attached hydrogen (secondary N) is 1. The number of ether oxygens (including phenoxy) is 3. The smallest absolute Gasteiger partial charge is 0.231 e. The largest absolute Gasteiger partial charge is 0.491 e. The SMILES string of the molecule is Cc1cnn(C[C@H](C)NC[C@@H](O)COc2ccc3c(c2)OCO3)c1. The van der Waals surface area contributed by atoms with Crippen LogP contribution in [0.1, 0.15) is 12.5 Å². The van der Waals surface area contributed by atoms with Gasteiger partial charge in [0.1, 0.15) is 18.5 Å². The van der Waals surface area contributed by atoms with E-state index in [0.717, 1.165) is 12.1 Å². The first-order valence-corrected chi connectivity index (χ1v) is 8.03. The second-order valence-electron chi connectivity index (χ2n) is 6.03. The minimum absolute atomic E-state index is 0.199. The van der Waals surface area contributed by atoms with Crippen molar-refractivity contribution in [1.82, 2.24) is 15.1 Å². The molecule has 0 saturated carbocycles. The molecule has 2 aromatic rings. The topological polar surface area (TPSA) is 77.8 Å². The highest BCUT2D eigenvalue weighted by Crippen LogP contribution is 2.35. The summed E-state index contributed by atoms with van der Waals surface area (Å²) < 4.78 is 18.0. The van der Waals surface area contributed by atoms with Crippen molar-refractivity contribution in [2.24, 2.45) is 0 Å². The number of hydrogen-bond acceptors (Lipinski definition) is 6. The Hall–Kier alpha value is -2.25. The molecule has 0 amide bonds. The summed E-state index contributed by atoms with van der Waals surface area (Å²) >= 11 is 0. The van der Waals surface area contributed by atoms with Crippen LogP contribution < -0.4 is 19.5 Å². The molecular weight excluding hydrogens is 310 g/mol. The number of rotatable bonds is 8. The molecule has 0 bridgehead atoms. The number of hydrogen-bond donors (Lipinski definition) is 2. The Morgan fingerprint density at radius 3 is 3.00 bits per heavy atom. The van der Waals surface area contributed by atoms with Crippen LogP contribution in [-0.2, 0) is 6.54 Å². The quantitative estimate of drug-likeness (QED) is 0.759. The van der Waals surface area contributed by atoms with E-state index in [4.69, 9.17) is 14.2 Å². The highest BCUT2D eigenvalue weighted by Gasteiger charge is 2.14. The molecule has 2 heterocycles. The molecular formula is C17H23N3O4. The summed E-state index contributed by atoms with van der Waals surface area (Å²) in [6, 6.07) is 5.57. The molecule has 0 unspecified atom stereocenters. The molecule has 0 fully saturated rings. The van der Waals surface area contributed by atoms with E-state index in [0.29, 0.717) is 23.8 Å². The van der Waals surface area contributed by atoms with E-state index >= 15 is 0 Å². The first kappa shape index (κ1) is 16.6. The molecule has 0 aliphatic carbocycles. The third-order valence-corrected chi connectivity index (χ3v) is 3.71. The van der Waals surface area contributed by atoms with Gasteiger partial charge in [0, 0.05) is 24.8 Å². The number of fused-ring (bicyclic) bond motifs is 1. The van der Waals surface area contributed by atoms with Crippen LogP contribution in [-0.4, -0.2) is 47.0 Å². The Labute approximate surface area is 141 Å². The van der Waals surface area contributed by atoms with Crippen LogP contribution in [0.4, 0.5) is 0 Å². The average Bonchev–Trinajstić information content (AvgIpc) is 3.19. The van der Waals surface area contributed by atoms with E-state index in [2.05, 4.69) is 17.3 Å².